The quantitative estimate of drug-likeness (QED) is 0.722. The number of aryl methyl sites for hydroxylation is 1. The summed E-state index contributed by atoms with van der Waals surface area (Å²) in [7, 11) is 1.89. The van der Waals surface area contributed by atoms with Crippen molar-refractivity contribution in [3.05, 3.63) is 11.8 Å². The number of nitrogen functional groups attached to an aromatic ring is 1. The molecule has 0 unspecified atom stereocenters. The zero-order chi connectivity index (χ0) is 8.72. The largest absolute Gasteiger partial charge is 0.384 e. The van der Waals surface area contributed by atoms with Gasteiger partial charge >= 0.3 is 0 Å². The predicted molar refractivity (Wildman–Crippen MR) is 48.8 cm³/mol. The zero-order valence-corrected chi connectivity index (χ0v) is 7.62. The lowest BCUT2D eigenvalue weighted by molar-refractivity contribution is 0.718. The zero-order valence-electron chi connectivity index (χ0n) is 7.62. The lowest BCUT2D eigenvalue weighted by atomic mass is 10.2. The fraction of sp³-hybridized carbons (Fsp3) is 0.667. The first kappa shape index (κ1) is 7.65. The summed E-state index contributed by atoms with van der Waals surface area (Å²) in [4.78, 5) is 0. The van der Waals surface area contributed by atoms with Crippen LogP contribution >= 0.6 is 0 Å². The smallest absolute Gasteiger partial charge is 0.121 e. The van der Waals surface area contributed by atoms with Gasteiger partial charge in [0.15, 0.2) is 0 Å². The second-order valence-electron chi connectivity index (χ2n) is 3.63. The molecule has 0 aromatic carbocycles. The maximum atomic E-state index is 5.69. The molecule has 3 heteroatoms. The average Bonchev–Trinajstić information content (AvgIpc) is 2.75. The van der Waals surface area contributed by atoms with E-state index < -0.39 is 0 Å². The Labute approximate surface area is 72.6 Å². The van der Waals surface area contributed by atoms with Crippen LogP contribution in [0.2, 0.25) is 0 Å². The van der Waals surface area contributed by atoms with E-state index in [1.807, 2.05) is 13.1 Å². The topological polar surface area (TPSA) is 43.8 Å². The van der Waals surface area contributed by atoms with Crippen LogP contribution in [0.1, 0.15) is 31.4 Å². The van der Waals surface area contributed by atoms with Crippen molar-refractivity contribution in [3.63, 3.8) is 0 Å². The first-order valence-electron chi connectivity index (χ1n) is 4.51. The Morgan fingerprint density at radius 3 is 2.92 bits per heavy atom. The van der Waals surface area contributed by atoms with Crippen LogP contribution in [-0.4, -0.2) is 9.78 Å². The van der Waals surface area contributed by atoms with Crippen LogP contribution < -0.4 is 5.73 Å². The first-order valence-corrected chi connectivity index (χ1v) is 4.51. The van der Waals surface area contributed by atoms with Gasteiger partial charge in [0.1, 0.15) is 5.82 Å². The maximum Gasteiger partial charge on any atom is 0.121 e. The standard InChI is InChI=1S/C9H15N3/c1-3-6-4-7(6)8-5-9(10)12(2)11-8/h5-7H,3-4,10H2,1-2H3/t6-,7-/m1/s1. The molecule has 12 heavy (non-hydrogen) atoms. The van der Waals surface area contributed by atoms with Gasteiger partial charge in [-0.15, -0.1) is 0 Å². The molecule has 0 spiro atoms. The highest BCUT2D eigenvalue weighted by Gasteiger charge is 2.38. The molecule has 1 fully saturated rings. The van der Waals surface area contributed by atoms with Crippen LogP contribution in [0, 0.1) is 5.92 Å². The maximum absolute atomic E-state index is 5.69. The number of hydrogen-bond donors (Lipinski definition) is 1. The molecule has 66 valence electrons. The van der Waals surface area contributed by atoms with Gasteiger partial charge in [0.2, 0.25) is 0 Å². The fourth-order valence-corrected chi connectivity index (χ4v) is 1.75. The van der Waals surface area contributed by atoms with Crippen molar-refractivity contribution in [1.29, 1.82) is 0 Å². The molecule has 2 N–H and O–H groups in total. The van der Waals surface area contributed by atoms with Gasteiger partial charge in [-0.05, 0) is 12.3 Å². The number of nitrogens with zero attached hydrogens (tertiary/aromatic N) is 2. The Morgan fingerprint density at radius 2 is 2.50 bits per heavy atom. The van der Waals surface area contributed by atoms with Gasteiger partial charge in [-0.3, -0.25) is 4.68 Å². The van der Waals surface area contributed by atoms with Crippen molar-refractivity contribution >= 4 is 5.82 Å². The van der Waals surface area contributed by atoms with Crippen molar-refractivity contribution in [1.82, 2.24) is 9.78 Å². The molecule has 0 saturated heterocycles. The molecule has 3 nitrogen and oxygen atoms in total. The molecule has 1 saturated carbocycles. The van der Waals surface area contributed by atoms with Gasteiger partial charge in [-0.1, -0.05) is 13.3 Å². The highest BCUT2D eigenvalue weighted by molar-refractivity contribution is 5.34. The van der Waals surface area contributed by atoms with E-state index in [2.05, 4.69) is 12.0 Å². The van der Waals surface area contributed by atoms with Gasteiger partial charge in [-0.25, -0.2) is 0 Å². The summed E-state index contributed by atoms with van der Waals surface area (Å²) in [5.41, 5.74) is 6.88. The molecule has 1 aliphatic carbocycles. The minimum Gasteiger partial charge on any atom is -0.384 e. The highest BCUT2D eigenvalue weighted by Crippen LogP contribution is 2.48. The summed E-state index contributed by atoms with van der Waals surface area (Å²) < 4.78 is 1.75. The molecular weight excluding hydrogens is 150 g/mol. The lowest BCUT2D eigenvalue weighted by Gasteiger charge is -1.90. The molecule has 2 atom stereocenters. The van der Waals surface area contributed by atoms with Gasteiger partial charge in [0, 0.05) is 19.0 Å². The Bertz CT molecular complexity index is 270. The Balaban J connectivity index is 2.15. The van der Waals surface area contributed by atoms with Crippen LogP contribution in [0.25, 0.3) is 0 Å². The van der Waals surface area contributed by atoms with Crippen LogP contribution in [0.15, 0.2) is 6.07 Å². The van der Waals surface area contributed by atoms with E-state index in [-0.39, 0.29) is 0 Å². The summed E-state index contributed by atoms with van der Waals surface area (Å²) in [5.74, 6) is 2.32. The van der Waals surface area contributed by atoms with Crippen molar-refractivity contribution in [3.8, 4) is 0 Å². The molecule has 1 aromatic heterocycles. The third kappa shape index (κ3) is 1.09. The van der Waals surface area contributed by atoms with Gasteiger partial charge in [-0.2, -0.15) is 5.10 Å². The van der Waals surface area contributed by atoms with Crippen LogP contribution in [0.4, 0.5) is 5.82 Å². The van der Waals surface area contributed by atoms with Crippen molar-refractivity contribution in [2.45, 2.75) is 25.7 Å². The number of nitrogens with two attached hydrogens (primary N) is 1. The number of anilines is 1. The summed E-state index contributed by atoms with van der Waals surface area (Å²) in [5, 5.41) is 4.36. The van der Waals surface area contributed by atoms with Crippen molar-refractivity contribution in [2.75, 3.05) is 5.73 Å². The third-order valence-corrected chi connectivity index (χ3v) is 2.76. The first-order chi connectivity index (χ1) is 5.72. The monoisotopic (exact) mass is 165 g/mol. The van der Waals surface area contributed by atoms with E-state index >= 15 is 0 Å². The second-order valence-corrected chi connectivity index (χ2v) is 3.63. The molecular formula is C9H15N3. The summed E-state index contributed by atoms with van der Waals surface area (Å²) in [6, 6.07) is 2.00. The molecule has 0 amide bonds. The predicted octanol–water partition coefficient (Wildman–Crippen LogP) is 1.52. The SMILES string of the molecule is CC[C@@H]1C[C@H]1c1cc(N)n(C)n1. The summed E-state index contributed by atoms with van der Waals surface area (Å²) >= 11 is 0. The van der Waals surface area contributed by atoms with E-state index in [1.54, 1.807) is 4.68 Å². The number of rotatable bonds is 2. The molecule has 2 rings (SSSR count). The third-order valence-electron chi connectivity index (χ3n) is 2.76. The van der Waals surface area contributed by atoms with Crippen LogP contribution in [-0.2, 0) is 7.05 Å². The van der Waals surface area contributed by atoms with E-state index in [0.29, 0.717) is 5.92 Å². The molecule has 1 aliphatic rings. The second kappa shape index (κ2) is 2.51. The normalized spacial score (nSPS) is 27.5. The minimum atomic E-state index is 0.693. The van der Waals surface area contributed by atoms with E-state index in [1.165, 1.54) is 18.5 Å². The van der Waals surface area contributed by atoms with Gasteiger partial charge in [0.25, 0.3) is 0 Å². The molecule has 1 aromatic rings. The Hall–Kier alpha value is -0.990. The fourth-order valence-electron chi connectivity index (χ4n) is 1.75. The number of aromatic nitrogens is 2. The minimum absolute atomic E-state index is 0.693. The molecule has 1 heterocycles. The molecule has 0 bridgehead atoms. The van der Waals surface area contributed by atoms with Crippen LogP contribution in [0.5, 0.6) is 0 Å². The number of hydrogen-bond acceptors (Lipinski definition) is 2. The van der Waals surface area contributed by atoms with Gasteiger partial charge in [0.05, 0.1) is 5.69 Å². The van der Waals surface area contributed by atoms with E-state index in [0.717, 1.165) is 11.7 Å². The average molecular weight is 165 g/mol. The van der Waals surface area contributed by atoms with Crippen molar-refractivity contribution in [2.24, 2.45) is 13.0 Å². The molecule has 0 radical (unpaired) electrons. The molecule has 0 aliphatic heterocycles. The van der Waals surface area contributed by atoms with Crippen molar-refractivity contribution < 1.29 is 0 Å². The summed E-state index contributed by atoms with van der Waals surface area (Å²) in [6.07, 6.45) is 2.56. The van der Waals surface area contributed by atoms with E-state index in [9.17, 15) is 0 Å². The highest BCUT2D eigenvalue weighted by atomic mass is 15.3. The van der Waals surface area contributed by atoms with E-state index in [4.69, 9.17) is 5.73 Å². The lowest BCUT2D eigenvalue weighted by Crippen LogP contribution is -1.96. The van der Waals surface area contributed by atoms with Crippen LogP contribution in [0.3, 0.4) is 0 Å². The summed E-state index contributed by atoms with van der Waals surface area (Å²) in [6.45, 7) is 2.23. The Morgan fingerprint density at radius 1 is 1.75 bits per heavy atom. The van der Waals surface area contributed by atoms with Gasteiger partial charge < -0.3 is 5.73 Å². The Kier molecular flexibility index (Phi) is 1.60.